The molecule has 4 aliphatic carbocycles. The summed E-state index contributed by atoms with van der Waals surface area (Å²) in [6, 6.07) is -1.04. The first-order valence-electron chi connectivity index (χ1n) is 16.8. The second-order valence-electron chi connectivity index (χ2n) is 15.1. The molecular formula is C35H55N3O3. The second kappa shape index (κ2) is 12.3. The van der Waals surface area contributed by atoms with Crippen LogP contribution in [0.4, 0.5) is 0 Å². The molecule has 0 saturated heterocycles. The summed E-state index contributed by atoms with van der Waals surface area (Å²) in [5.41, 5.74) is 2.84. The lowest BCUT2D eigenvalue weighted by atomic mass is 9.47. The number of rotatable bonds is 11. The Bertz CT molecular complexity index is 1080. The number of nitrogens with one attached hydrogen (secondary N) is 1. The standard InChI is InChI=1S/C35H55N3O3/c1-7-24(22(2)3)9-8-23(4)29-12-13-30-28-11-10-25-18-27(14-16-34(25,5)31(28)15-17-35(29,30)6)41-33(39)32(38-40)19-26-20-36-21-37-26/h10,20-24,27-32H,7-9,11-19H2,1-6H3,(H,36,37)/t23-,24-,27+,28+,29-,30+,31+,32?,34+,35-/m1/s1. The number of ether oxygens (including phenoxy) is 1. The minimum atomic E-state index is -1.04. The smallest absolute Gasteiger partial charge is 0.335 e. The molecule has 3 fully saturated rings. The fourth-order valence-corrected chi connectivity index (χ4v) is 10.4. The van der Waals surface area contributed by atoms with E-state index in [4.69, 9.17) is 4.74 Å². The van der Waals surface area contributed by atoms with Crippen LogP contribution in [0.3, 0.4) is 0 Å². The molecule has 0 amide bonds. The van der Waals surface area contributed by atoms with Gasteiger partial charge in [0, 0.05) is 19.0 Å². The summed E-state index contributed by atoms with van der Waals surface area (Å²) in [6.07, 6.45) is 19.3. The van der Waals surface area contributed by atoms with Gasteiger partial charge in [0.1, 0.15) is 6.10 Å². The zero-order chi connectivity index (χ0) is 29.4. The zero-order valence-corrected chi connectivity index (χ0v) is 26.5. The molecule has 1 unspecified atom stereocenters. The lowest BCUT2D eigenvalue weighted by molar-refractivity contribution is -0.153. The predicted octanol–water partition coefficient (Wildman–Crippen LogP) is 8.68. The Morgan fingerprint density at radius 2 is 1.93 bits per heavy atom. The normalized spacial score (nSPS) is 36.9. The van der Waals surface area contributed by atoms with Crippen LogP contribution in [0.1, 0.15) is 118 Å². The number of aromatic amines is 1. The van der Waals surface area contributed by atoms with Crippen LogP contribution in [-0.2, 0) is 16.0 Å². The van der Waals surface area contributed by atoms with Crippen LogP contribution < -0.4 is 0 Å². The highest BCUT2D eigenvalue weighted by Crippen LogP contribution is 2.67. The molecule has 3 saturated carbocycles. The number of allylic oxidation sites excluding steroid dienone is 1. The number of aromatic nitrogens is 2. The largest absolute Gasteiger partial charge is 0.460 e. The first-order valence-corrected chi connectivity index (χ1v) is 16.8. The number of imidazole rings is 1. The third kappa shape index (κ3) is 5.83. The number of nitrogens with zero attached hydrogens (tertiary/aromatic N) is 2. The monoisotopic (exact) mass is 565 g/mol. The summed E-state index contributed by atoms with van der Waals surface area (Å²) in [4.78, 5) is 31.3. The molecule has 0 bridgehead atoms. The molecule has 10 atom stereocenters. The van der Waals surface area contributed by atoms with Crippen molar-refractivity contribution in [3.05, 3.63) is 34.8 Å². The van der Waals surface area contributed by atoms with Crippen molar-refractivity contribution in [1.29, 1.82) is 0 Å². The van der Waals surface area contributed by atoms with Crippen molar-refractivity contribution >= 4 is 5.97 Å². The van der Waals surface area contributed by atoms with E-state index in [9.17, 15) is 9.70 Å². The Morgan fingerprint density at radius 1 is 1.12 bits per heavy atom. The first-order chi connectivity index (χ1) is 19.6. The third-order valence-electron chi connectivity index (χ3n) is 12.9. The quantitative estimate of drug-likeness (QED) is 0.165. The van der Waals surface area contributed by atoms with Crippen LogP contribution in [0.5, 0.6) is 0 Å². The summed E-state index contributed by atoms with van der Waals surface area (Å²) in [5.74, 6) is 5.20. The van der Waals surface area contributed by atoms with Gasteiger partial charge < -0.3 is 9.72 Å². The van der Waals surface area contributed by atoms with E-state index in [1.165, 1.54) is 56.9 Å². The average Bonchev–Trinajstić information content (AvgIpc) is 3.59. The lowest BCUT2D eigenvalue weighted by Crippen LogP contribution is -2.51. The van der Waals surface area contributed by atoms with Crippen LogP contribution in [0.2, 0.25) is 0 Å². The zero-order valence-electron chi connectivity index (χ0n) is 26.5. The molecule has 0 aliphatic heterocycles. The van der Waals surface area contributed by atoms with Gasteiger partial charge in [-0.3, -0.25) is 0 Å². The number of nitroso groups, excluding NO2 is 1. The fraction of sp³-hybridized carbons (Fsp3) is 0.829. The topological polar surface area (TPSA) is 84.4 Å². The number of esters is 1. The second-order valence-corrected chi connectivity index (χ2v) is 15.1. The van der Waals surface area contributed by atoms with Crippen LogP contribution in [0.15, 0.2) is 29.4 Å². The van der Waals surface area contributed by atoms with Gasteiger partial charge in [-0.1, -0.05) is 71.2 Å². The summed E-state index contributed by atoms with van der Waals surface area (Å²) in [5, 5.41) is 3.07. The van der Waals surface area contributed by atoms with E-state index in [0.29, 0.717) is 11.1 Å². The van der Waals surface area contributed by atoms with Gasteiger partial charge in [0.2, 0.25) is 0 Å². The maximum atomic E-state index is 12.8. The molecule has 0 spiro atoms. The number of carbonyl (C=O) groups excluding carboxylic acids is 1. The molecule has 0 aromatic carbocycles. The predicted molar refractivity (Wildman–Crippen MR) is 164 cm³/mol. The Hall–Kier alpha value is -1.98. The molecule has 41 heavy (non-hydrogen) atoms. The van der Waals surface area contributed by atoms with Crippen molar-refractivity contribution in [2.75, 3.05) is 0 Å². The number of fused-ring (bicyclic) bond motifs is 5. The maximum Gasteiger partial charge on any atom is 0.335 e. The van der Waals surface area contributed by atoms with Crippen LogP contribution in [-0.4, -0.2) is 28.1 Å². The van der Waals surface area contributed by atoms with E-state index in [0.717, 1.165) is 60.7 Å². The summed E-state index contributed by atoms with van der Waals surface area (Å²) < 4.78 is 5.90. The van der Waals surface area contributed by atoms with Crippen molar-refractivity contribution in [3.8, 4) is 0 Å². The van der Waals surface area contributed by atoms with E-state index in [-0.39, 0.29) is 17.9 Å². The van der Waals surface area contributed by atoms with Gasteiger partial charge in [0.25, 0.3) is 0 Å². The lowest BCUT2D eigenvalue weighted by Gasteiger charge is -2.58. The van der Waals surface area contributed by atoms with Crippen LogP contribution >= 0.6 is 0 Å². The van der Waals surface area contributed by atoms with Crippen molar-refractivity contribution in [3.63, 3.8) is 0 Å². The number of carbonyl (C=O) groups is 1. The van der Waals surface area contributed by atoms with Crippen molar-refractivity contribution in [2.24, 2.45) is 57.4 Å². The molecule has 5 rings (SSSR count). The molecule has 6 nitrogen and oxygen atoms in total. The van der Waals surface area contributed by atoms with Gasteiger partial charge in [-0.15, -0.1) is 4.91 Å². The Balaban J connectivity index is 1.22. The first kappa shape index (κ1) is 30.5. The van der Waals surface area contributed by atoms with E-state index >= 15 is 0 Å². The van der Waals surface area contributed by atoms with Gasteiger partial charge in [-0.2, -0.15) is 0 Å². The molecule has 6 heteroatoms. The van der Waals surface area contributed by atoms with Gasteiger partial charge >= 0.3 is 5.97 Å². The maximum absolute atomic E-state index is 12.8. The minimum Gasteiger partial charge on any atom is -0.460 e. The molecule has 1 aromatic heterocycles. The minimum absolute atomic E-state index is 0.162. The van der Waals surface area contributed by atoms with Crippen LogP contribution in [0, 0.1) is 57.2 Å². The van der Waals surface area contributed by atoms with Crippen molar-refractivity contribution < 1.29 is 9.53 Å². The summed E-state index contributed by atoms with van der Waals surface area (Å²) >= 11 is 0. The molecule has 228 valence electrons. The summed E-state index contributed by atoms with van der Waals surface area (Å²) in [7, 11) is 0. The third-order valence-corrected chi connectivity index (χ3v) is 12.9. The molecule has 1 aromatic rings. The molecule has 1 N–H and O–H groups in total. The van der Waals surface area contributed by atoms with E-state index in [1.54, 1.807) is 12.5 Å². The van der Waals surface area contributed by atoms with Gasteiger partial charge in [0.15, 0.2) is 6.04 Å². The number of hydrogen-bond acceptors (Lipinski definition) is 5. The highest BCUT2D eigenvalue weighted by atomic mass is 16.5. The fourth-order valence-electron chi connectivity index (χ4n) is 10.4. The van der Waals surface area contributed by atoms with Crippen molar-refractivity contribution in [1.82, 2.24) is 9.97 Å². The summed E-state index contributed by atoms with van der Waals surface area (Å²) in [6.45, 7) is 14.9. The Labute approximate surface area is 248 Å². The molecule has 4 aliphatic rings. The van der Waals surface area contributed by atoms with Gasteiger partial charge in [-0.25, -0.2) is 9.78 Å². The average molecular weight is 566 g/mol. The molecule has 1 heterocycles. The SMILES string of the molecule is CC[C@H](CC[C@@H](C)[C@H]1CC[C@H]2[C@@H]3CC=C4C[C@@H](OC(=O)C(Cc5c[nH]cn5)N=O)CC[C@]4(C)[C@H]3CC[C@]12C)C(C)C. The Morgan fingerprint density at radius 3 is 2.61 bits per heavy atom. The highest BCUT2D eigenvalue weighted by molar-refractivity contribution is 5.76. The van der Waals surface area contributed by atoms with Crippen molar-refractivity contribution in [2.45, 2.75) is 131 Å². The van der Waals surface area contributed by atoms with Gasteiger partial charge in [-0.05, 0) is 104 Å². The van der Waals surface area contributed by atoms with E-state index in [1.807, 2.05) is 0 Å². The van der Waals surface area contributed by atoms with Gasteiger partial charge in [0.05, 0.1) is 12.0 Å². The van der Waals surface area contributed by atoms with Crippen LogP contribution in [0.25, 0.3) is 0 Å². The van der Waals surface area contributed by atoms with E-state index < -0.39 is 12.0 Å². The van der Waals surface area contributed by atoms with E-state index in [2.05, 4.69) is 62.8 Å². The molecular weight excluding hydrogens is 510 g/mol. The number of H-pyrrole nitrogens is 1. The molecule has 0 radical (unpaired) electrons. The Kier molecular flexibility index (Phi) is 9.16. The highest BCUT2D eigenvalue weighted by Gasteiger charge is 2.59. The number of hydrogen-bond donors (Lipinski definition) is 1.